The van der Waals surface area contributed by atoms with E-state index in [2.05, 4.69) is 25.4 Å². The van der Waals surface area contributed by atoms with Crippen LogP contribution in [-0.2, 0) is 19.6 Å². The Morgan fingerprint density at radius 1 is 1.31 bits per heavy atom. The lowest BCUT2D eigenvalue weighted by Crippen LogP contribution is -2.14. The predicted molar refractivity (Wildman–Crippen MR) is 104 cm³/mol. The fraction of sp³-hybridized carbons (Fsp3) is 0.294. The highest BCUT2D eigenvalue weighted by Gasteiger charge is 2.10. The van der Waals surface area contributed by atoms with E-state index in [1.165, 1.54) is 16.2 Å². The average molecular weight is 387 g/mol. The van der Waals surface area contributed by atoms with Gasteiger partial charge in [0.1, 0.15) is 10.7 Å². The fourth-order valence-corrected chi connectivity index (χ4v) is 4.25. The molecule has 134 valence electrons. The van der Waals surface area contributed by atoms with Crippen LogP contribution in [0.15, 0.2) is 28.8 Å². The number of nitrogens with one attached hydrogen (secondary N) is 2. The molecular weight excluding hydrogens is 368 g/mol. The number of hydrogen-bond donors (Lipinski definition) is 2. The second kappa shape index (κ2) is 7.10. The van der Waals surface area contributed by atoms with Crippen LogP contribution in [0.4, 0.5) is 0 Å². The lowest BCUT2D eigenvalue weighted by Gasteiger charge is -2.02. The van der Waals surface area contributed by atoms with E-state index in [1.54, 1.807) is 11.3 Å². The van der Waals surface area contributed by atoms with Gasteiger partial charge in [0.2, 0.25) is 0 Å². The summed E-state index contributed by atoms with van der Waals surface area (Å²) in [5.41, 5.74) is 3.84. The molecule has 4 heterocycles. The van der Waals surface area contributed by atoms with Crippen molar-refractivity contribution in [2.45, 2.75) is 33.5 Å². The van der Waals surface area contributed by atoms with Gasteiger partial charge in [0, 0.05) is 40.8 Å². The summed E-state index contributed by atoms with van der Waals surface area (Å²) in [6.45, 7) is 5.93. The van der Waals surface area contributed by atoms with Crippen molar-refractivity contribution in [2.24, 2.45) is 0 Å². The topological polar surface area (TPSA) is 88.5 Å². The van der Waals surface area contributed by atoms with Gasteiger partial charge in [-0.15, -0.1) is 22.7 Å². The molecule has 0 atom stereocenters. The molecule has 9 heteroatoms. The second-order valence-corrected chi connectivity index (χ2v) is 8.30. The molecule has 0 bridgehead atoms. The van der Waals surface area contributed by atoms with E-state index in [1.807, 2.05) is 42.5 Å². The molecule has 0 unspecified atom stereocenters. The molecule has 0 aliphatic carbocycles. The molecular formula is C17H18N6OS2. The number of aromatic amines is 1. The first-order valence-electron chi connectivity index (χ1n) is 8.19. The highest BCUT2D eigenvalue weighted by Crippen LogP contribution is 2.20. The zero-order valence-corrected chi connectivity index (χ0v) is 16.1. The summed E-state index contributed by atoms with van der Waals surface area (Å²) in [5.74, 6) is 0.621. The Balaban J connectivity index is 1.47. The van der Waals surface area contributed by atoms with Crippen molar-refractivity contribution in [1.82, 2.24) is 30.0 Å². The Hall–Kier alpha value is -2.36. The van der Waals surface area contributed by atoms with Crippen molar-refractivity contribution in [3.05, 3.63) is 61.2 Å². The van der Waals surface area contributed by atoms with Gasteiger partial charge in [0.25, 0.3) is 5.56 Å². The summed E-state index contributed by atoms with van der Waals surface area (Å²) in [4.78, 5) is 26.8. The lowest BCUT2D eigenvalue weighted by molar-refractivity contribution is 0.649. The van der Waals surface area contributed by atoms with Crippen LogP contribution in [0.3, 0.4) is 0 Å². The third-order valence-electron chi connectivity index (χ3n) is 4.03. The van der Waals surface area contributed by atoms with Gasteiger partial charge in [0.15, 0.2) is 0 Å². The molecule has 4 aromatic heterocycles. The van der Waals surface area contributed by atoms with Crippen LogP contribution < -0.4 is 10.9 Å². The Kier molecular flexibility index (Phi) is 4.66. The summed E-state index contributed by atoms with van der Waals surface area (Å²) < 4.78 is 1.82. The van der Waals surface area contributed by atoms with Gasteiger partial charge in [0.05, 0.1) is 23.1 Å². The number of nitrogens with zero attached hydrogens (tertiary/aromatic N) is 4. The monoisotopic (exact) mass is 386 g/mol. The summed E-state index contributed by atoms with van der Waals surface area (Å²) in [6, 6.07) is 1.88. The highest BCUT2D eigenvalue weighted by atomic mass is 32.1. The zero-order valence-electron chi connectivity index (χ0n) is 14.4. The van der Waals surface area contributed by atoms with E-state index in [-0.39, 0.29) is 5.56 Å². The molecule has 7 nitrogen and oxygen atoms in total. The van der Waals surface area contributed by atoms with Crippen LogP contribution in [0, 0.1) is 13.8 Å². The van der Waals surface area contributed by atoms with Crippen LogP contribution in [0.25, 0.3) is 10.2 Å². The standard InChI is InChI=1S/C17H18N6OS2/c1-10-3-14-16(24)20-15(21-17(14)26-10)8-23-7-12(11(2)22-23)4-18-5-13-6-19-9-25-13/h3,6-7,9,18H,4-5,8H2,1-2H3,(H,20,21,24). The number of thiazole rings is 1. The average Bonchev–Trinajstić information content (AvgIpc) is 3.29. The number of hydrogen-bond acceptors (Lipinski definition) is 7. The van der Waals surface area contributed by atoms with Crippen molar-refractivity contribution in [1.29, 1.82) is 0 Å². The Bertz CT molecular complexity index is 1090. The van der Waals surface area contributed by atoms with E-state index in [0.29, 0.717) is 17.8 Å². The van der Waals surface area contributed by atoms with Crippen molar-refractivity contribution in [2.75, 3.05) is 0 Å². The maximum atomic E-state index is 12.2. The molecule has 0 aromatic carbocycles. The molecule has 0 amide bonds. The maximum absolute atomic E-state index is 12.2. The Morgan fingerprint density at radius 2 is 2.19 bits per heavy atom. The van der Waals surface area contributed by atoms with Gasteiger partial charge in [-0.1, -0.05) is 0 Å². The lowest BCUT2D eigenvalue weighted by atomic mass is 10.2. The highest BCUT2D eigenvalue weighted by molar-refractivity contribution is 7.18. The molecule has 2 N–H and O–H groups in total. The third-order valence-corrected chi connectivity index (χ3v) is 5.76. The SMILES string of the molecule is Cc1cc2c(=O)[nH]c(Cn3cc(CNCc4cncs4)c(C)n3)nc2s1. The molecule has 0 aliphatic heterocycles. The molecule has 0 aliphatic rings. The number of H-pyrrole nitrogens is 1. The first kappa shape index (κ1) is 17.1. The molecule has 0 saturated heterocycles. The van der Waals surface area contributed by atoms with E-state index in [0.717, 1.165) is 34.1 Å². The van der Waals surface area contributed by atoms with Gasteiger partial charge in [-0.3, -0.25) is 14.5 Å². The fourth-order valence-electron chi connectivity index (χ4n) is 2.79. The summed E-state index contributed by atoms with van der Waals surface area (Å²) in [6.07, 6.45) is 3.87. The van der Waals surface area contributed by atoms with E-state index >= 15 is 0 Å². The van der Waals surface area contributed by atoms with Crippen molar-refractivity contribution in [3.63, 3.8) is 0 Å². The van der Waals surface area contributed by atoms with Gasteiger partial charge in [-0.05, 0) is 19.9 Å². The van der Waals surface area contributed by atoms with Crippen molar-refractivity contribution >= 4 is 32.9 Å². The first-order valence-corrected chi connectivity index (χ1v) is 9.88. The maximum Gasteiger partial charge on any atom is 0.259 e. The van der Waals surface area contributed by atoms with Gasteiger partial charge in [-0.2, -0.15) is 5.10 Å². The predicted octanol–water partition coefficient (Wildman–Crippen LogP) is 2.59. The third kappa shape index (κ3) is 3.59. The summed E-state index contributed by atoms with van der Waals surface area (Å²) >= 11 is 3.17. The minimum atomic E-state index is -0.0929. The van der Waals surface area contributed by atoms with Crippen LogP contribution in [0.5, 0.6) is 0 Å². The number of thiophene rings is 1. The van der Waals surface area contributed by atoms with E-state index < -0.39 is 0 Å². The number of aromatic nitrogens is 5. The molecule has 0 fully saturated rings. The van der Waals surface area contributed by atoms with Crippen molar-refractivity contribution in [3.8, 4) is 0 Å². The van der Waals surface area contributed by atoms with Crippen LogP contribution in [0.1, 0.15) is 26.8 Å². The Labute approximate surface area is 157 Å². The molecule has 4 aromatic rings. The Morgan fingerprint density at radius 3 is 3.00 bits per heavy atom. The molecule has 0 radical (unpaired) electrons. The van der Waals surface area contributed by atoms with Crippen molar-refractivity contribution < 1.29 is 0 Å². The smallest absolute Gasteiger partial charge is 0.259 e. The molecule has 4 rings (SSSR count). The van der Waals surface area contributed by atoms with Crippen LogP contribution in [0.2, 0.25) is 0 Å². The summed E-state index contributed by atoms with van der Waals surface area (Å²) in [5, 5.41) is 8.60. The first-order chi connectivity index (χ1) is 12.6. The number of aryl methyl sites for hydroxylation is 2. The van der Waals surface area contributed by atoms with E-state index in [4.69, 9.17) is 0 Å². The van der Waals surface area contributed by atoms with Crippen LogP contribution in [-0.4, -0.2) is 24.7 Å². The molecule has 26 heavy (non-hydrogen) atoms. The van der Waals surface area contributed by atoms with Gasteiger partial charge in [-0.25, -0.2) is 4.98 Å². The largest absolute Gasteiger partial charge is 0.308 e. The zero-order chi connectivity index (χ0) is 18.1. The van der Waals surface area contributed by atoms with Gasteiger partial charge >= 0.3 is 0 Å². The normalized spacial score (nSPS) is 11.5. The molecule has 0 spiro atoms. The van der Waals surface area contributed by atoms with Gasteiger partial charge < -0.3 is 10.3 Å². The van der Waals surface area contributed by atoms with Crippen LogP contribution >= 0.6 is 22.7 Å². The number of rotatable bonds is 6. The minimum Gasteiger partial charge on any atom is -0.308 e. The summed E-state index contributed by atoms with van der Waals surface area (Å²) in [7, 11) is 0. The molecule has 0 saturated carbocycles. The van der Waals surface area contributed by atoms with E-state index in [9.17, 15) is 4.79 Å². The minimum absolute atomic E-state index is 0.0929. The quantitative estimate of drug-likeness (QED) is 0.532. The second-order valence-electron chi connectivity index (χ2n) is 6.10. The number of fused-ring (bicyclic) bond motifs is 1.